The van der Waals surface area contributed by atoms with Crippen molar-refractivity contribution in [3.8, 4) is 11.4 Å². The number of aromatic nitrogens is 3. The van der Waals surface area contributed by atoms with Crippen molar-refractivity contribution in [2.45, 2.75) is 6.54 Å². The molecular weight excluding hydrogens is 312 g/mol. The monoisotopic (exact) mass is 330 g/mol. The van der Waals surface area contributed by atoms with Crippen LogP contribution < -0.4 is 10.1 Å². The number of ether oxygens (including phenoxy) is 1. The van der Waals surface area contributed by atoms with Crippen LogP contribution in [0.15, 0.2) is 73.2 Å². The number of rotatable bonds is 5. The molecule has 0 atom stereocenters. The number of hydrogen-bond donors (Lipinski definition) is 1. The molecule has 0 unspecified atom stereocenters. The fourth-order valence-electron chi connectivity index (χ4n) is 2.84. The molecule has 0 aliphatic heterocycles. The van der Waals surface area contributed by atoms with E-state index in [9.17, 15) is 0 Å². The van der Waals surface area contributed by atoms with E-state index in [1.54, 1.807) is 13.3 Å². The lowest BCUT2D eigenvalue weighted by Crippen LogP contribution is -2.01. The first-order chi connectivity index (χ1) is 12.3. The van der Waals surface area contributed by atoms with E-state index in [-0.39, 0.29) is 0 Å². The van der Waals surface area contributed by atoms with Crippen LogP contribution in [0.2, 0.25) is 0 Å². The number of imidazole rings is 1. The summed E-state index contributed by atoms with van der Waals surface area (Å²) < 4.78 is 7.50. The van der Waals surface area contributed by atoms with Gasteiger partial charge in [0.1, 0.15) is 12.1 Å². The molecule has 25 heavy (non-hydrogen) atoms. The van der Waals surface area contributed by atoms with Crippen LogP contribution in [0.1, 0.15) is 5.69 Å². The first kappa shape index (κ1) is 15.2. The van der Waals surface area contributed by atoms with Gasteiger partial charge in [0.05, 0.1) is 36.1 Å². The average Bonchev–Trinajstić information content (AvgIpc) is 3.10. The molecule has 0 spiro atoms. The van der Waals surface area contributed by atoms with Gasteiger partial charge in [-0.1, -0.05) is 18.2 Å². The van der Waals surface area contributed by atoms with Crippen molar-refractivity contribution in [1.29, 1.82) is 0 Å². The Morgan fingerprint density at radius 3 is 2.72 bits per heavy atom. The molecular formula is C20H18N4O. The van der Waals surface area contributed by atoms with E-state index >= 15 is 0 Å². The standard InChI is InChI=1S/C20H18N4O/c1-25-20-8-3-2-7-19(20)24-14-23-17-12-15(9-10-18(17)24)22-13-16-6-4-5-11-21-16/h2-12,14,22H,13H2,1H3. The maximum atomic E-state index is 5.46. The number of para-hydroxylation sites is 2. The SMILES string of the molecule is COc1ccccc1-n1cnc2cc(NCc3ccccn3)ccc21. The quantitative estimate of drug-likeness (QED) is 0.600. The van der Waals surface area contributed by atoms with E-state index in [0.29, 0.717) is 6.54 Å². The molecule has 0 saturated heterocycles. The van der Waals surface area contributed by atoms with E-state index in [4.69, 9.17) is 4.74 Å². The fraction of sp³-hybridized carbons (Fsp3) is 0.100. The molecule has 1 N–H and O–H groups in total. The molecule has 124 valence electrons. The second kappa shape index (κ2) is 6.65. The van der Waals surface area contributed by atoms with Crippen LogP contribution in [0.3, 0.4) is 0 Å². The van der Waals surface area contributed by atoms with E-state index < -0.39 is 0 Å². The van der Waals surface area contributed by atoms with Crippen LogP contribution in [0.5, 0.6) is 5.75 Å². The van der Waals surface area contributed by atoms with E-state index in [2.05, 4.69) is 27.4 Å². The van der Waals surface area contributed by atoms with E-state index in [1.807, 2.05) is 59.4 Å². The van der Waals surface area contributed by atoms with Crippen molar-refractivity contribution < 1.29 is 4.74 Å². The van der Waals surface area contributed by atoms with Gasteiger partial charge in [0.15, 0.2) is 0 Å². The maximum Gasteiger partial charge on any atom is 0.142 e. The van der Waals surface area contributed by atoms with Gasteiger partial charge in [0, 0.05) is 11.9 Å². The number of benzene rings is 2. The Hall–Kier alpha value is -3.34. The molecule has 4 rings (SSSR count). The largest absolute Gasteiger partial charge is 0.495 e. The van der Waals surface area contributed by atoms with Gasteiger partial charge in [-0.05, 0) is 42.5 Å². The molecule has 0 aliphatic rings. The Labute approximate surface area is 145 Å². The van der Waals surface area contributed by atoms with Gasteiger partial charge < -0.3 is 10.1 Å². The minimum Gasteiger partial charge on any atom is -0.495 e. The summed E-state index contributed by atoms with van der Waals surface area (Å²) in [6.45, 7) is 0.680. The second-order valence-electron chi connectivity index (χ2n) is 5.66. The predicted octanol–water partition coefficient (Wildman–Crippen LogP) is 4.04. The first-order valence-electron chi connectivity index (χ1n) is 8.09. The fourth-order valence-corrected chi connectivity index (χ4v) is 2.84. The average molecular weight is 330 g/mol. The third-order valence-corrected chi connectivity index (χ3v) is 4.09. The summed E-state index contributed by atoms with van der Waals surface area (Å²) in [4.78, 5) is 8.86. The van der Waals surface area contributed by atoms with Crippen LogP contribution in [0.25, 0.3) is 16.7 Å². The predicted molar refractivity (Wildman–Crippen MR) is 99.2 cm³/mol. The maximum absolute atomic E-state index is 5.46. The Balaban J connectivity index is 1.63. The number of nitrogens with zero attached hydrogens (tertiary/aromatic N) is 3. The molecule has 0 saturated carbocycles. The van der Waals surface area contributed by atoms with Crippen LogP contribution in [0, 0.1) is 0 Å². The first-order valence-corrected chi connectivity index (χ1v) is 8.09. The van der Waals surface area contributed by atoms with Crippen LogP contribution >= 0.6 is 0 Å². The molecule has 5 nitrogen and oxygen atoms in total. The summed E-state index contributed by atoms with van der Waals surface area (Å²) >= 11 is 0. The highest BCUT2D eigenvalue weighted by atomic mass is 16.5. The lowest BCUT2D eigenvalue weighted by atomic mass is 10.2. The van der Waals surface area contributed by atoms with Gasteiger partial charge in [0.25, 0.3) is 0 Å². The zero-order valence-electron chi connectivity index (χ0n) is 13.9. The van der Waals surface area contributed by atoms with Gasteiger partial charge in [-0.15, -0.1) is 0 Å². The summed E-state index contributed by atoms with van der Waals surface area (Å²) in [6.07, 6.45) is 3.63. The van der Waals surface area contributed by atoms with Gasteiger partial charge in [0.2, 0.25) is 0 Å². The molecule has 2 aromatic heterocycles. The van der Waals surface area contributed by atoms with Crippen molar-refractivity contribution >= 4 is 16.7 Å². The van der Waals surface area contributed by atoms with Crippen molar-refractivity contribution in [2.24, 2.45) is 0 Å². The summed E-state index contributed by atoms with van der Waals surface area (Å²) in [6, 6.07) is 20.0. The molecule has 0 radical (unpaired) electrons. The summed E-state index contributed by atoms with van der Waals surface area (Å²) in [5.74, 6) is 0.819. The smallest absolute Gasteiger partial charge is 0.142 e. The number of methoxy groups -OCH3 is 1. The van der Waals surface area contributed by atoms with Crippen LogP contribution in [0.4, 0.5) is 5.69 Å². The summed E-state index contributed by atoms with van der Waals surface area (Å²) in [5, 5.41) is 3.39. The number of fused-ring (bicyclic) bond motifs is 1. The number of hydrogen-bond acceptors (Lipinski definition) is 4. The highest BCUT2D eigenvalue weighted by molar-refractivity contribution is 5.81. The normalized spacial score (nSPS) is 10.8. The zero-order chi connectivity index (χ0) is 17.1. The molecule has 0 fully saturated rings. The van der Waals surface area contributed by atoms with Gasteiger partial charge in [-0.25, -0.2) is 4.98 Å². The minimum absolute atomic E-state index is 0.680. The molecule has 4 aromatic rings. The minimum atomic E-state index is 0.680. The van der Waals surface area contributed by atoms with Crippen LogP contribution in [-0.2, 0) is 6.54 Å². The zero-order valence-corrected chi connectivity index (χ0v) is 13.9. The number of pyridine rings is 1. The molecule has 2 aromatic carbocycles. The Morgan fingerprint density at radius 2 is 1.88 bits per heavy atom. The molecule has 2 heterocycles. The third-order valence-electron chi connectivity index (χ3n) is 4.09. The summed E-state index contributed by atoms with van der Waals surface area (Å²) in [7, 11) is 1.68. The van der Waals surface area contributed by atoms with Crippen molar-refractivity contribution in [3.63, 3.8) is 0 Å². The number of nitrogens with one attached hydrogen (secondary N) is 1. The molecule has 0 bridgehead atoms. The summed E-state index contributed by atoms with van der Waals surface area (Å²) in [5.41, 5.74) is 4.96. The third kappa shape index (κ3) is 3.04. The second-order valence-corrected chi connectivity index (χ2v) is 5.66. The highest BCUT2D eigenvalue weighted by Gasteiger charge is 2.09. The van der Waals surface area contributed by atoms with Crippen molar-refractivity contribution in [1.82, 2.24) is 14.5 Å². The lowest BCUT2D eigenvalue weighted by molar-refractivity contribution is 0.413. The van der Waals surface area contributed by atoms with Gasteiger partial charge in [-0.3, -0.25) is 9.55 Å². The highest BCUT2D eigenvalue weighted by Crippen LogP contribution is 2.27. The topological polar surface area (TPSA) is 52.0 Å². The molecule has 0 amide bonds. The lowest BCUT2D eigenvalue weighted by Gasteiger charge is -2.10. The molecule has 0 aliphatic carbocycles. The number of anilines is 1. The van der Waals surface area contributed by atoms with E-state index in [0.717, 1.165) is 33.9 Å². The van der Waals surface area contributed by atoms with Crippen molar-refractivity contribution in [3.05, 3.63) is 78.9 Å². The van der Waals surface area contributed by atoms with Crippen LogP contribution in [-0.4, -0.2) is 21.6 Å². The Kier molecular flexibility index (Phi) is 4.04. The molecule has 5 heteroatoms. The van der Waals surface area contributed by atoms with Crippen molar-refractivity contribution in [2.75, 3.05) is 12.4 Å². The Morgan fingerprint density at radius 1 is 1.00 bits per heavy atom. The Bertz CT molecular complexity index is 995. The van der Waals surface area contributed by atoms with Gasteiger partial charge in [-0.2, -0.15) is 0 Å². The van der Waals surface area contributed by atoms with E-state index in [1.165, 1.54) is 0 Å². The van der Waals surface area contributed by atoms with Gasteiger partial charge >= 0.3 is 0 Å².